The van der Waals surface area contributed by atoms with E-state index in [0.29, 0.717) is 12.6 Å². The van der Waals surface area contributed by atoms with E-state index in [1.165, 1.54) is 19.3 Å². The van der Waals surface area contributed by atoms with Crippen molar-refractivity contribution in [2.24, 2.45) is 0 Å². The van der Waals surface area contributed by atoms with Gasteiger partial charge in [-0.2, -0.15) is 5.10 Å². The van der Waals surface area contributed by atoms with E-state index in [1.807, 2.05) is 19.2 Å². The Morgan fingerprint density at radius 3 is 2.88 bits per heavy atom. The molecule has 0 unspecified atom stereocenters. The maximum absolute atomic E-state index is 11.7. The number of aryl methyl sites for hydroxylation is 1. The topological polar surface area (TPSA) is 46.9 Å². The van der Waals surface area contributed by atoms with Crippen LogP contribution in [0.4, 0.5) is 0 Å². The lowest BCUT2D eigenvalue weighted by molar-refractivity contribution is -0.122. The van der Waals surface area contributed by atoms with Gasteiger partial charge in [0, 0.05) is 12.2 Å². The highest BCUT2D eigenvalue weighted by atomic mass is 16.2. The predicted molar refractivity (Wildman–Crippen MR) is 62.0 cm³/mol. The first-order valence-electron chi connectivity index (χ1n) is 6.03. The molecule has 1 N–H and O–H groups in total. The number of rotatable bonds is 3. The van der Waals surface area contributed by atoms with Crippen LogP contribution in [0.15, 0.2) is 12.3 Å². The third-order valence-electron chi connectivity index (χ3n) is 3.05. The van der Waals surface area contributed by atoms with E-state index in [9.17, 15) is 4.79 Å². The van der Waals surface area contributed by atoms with Crippen LogP contribution in [0.25, 0.3) is 0 Å². The summed E-state index contributed by atoms with van der Waals surface area (Å²) >= 11 is 0. The predicted octanol–water partition coefficient (Wildman–Crippen LogP) is 1.64. The van der Waals surface area contributed by atoms with Crippen molar-refractivity contribution in [2.75, 3.05) is 0 Å². The maximum atomic E-state index is 11.7. The average Bonchev–Trinajstić information content (AvgIpc) is 2.65. The van der Waals surface area contributed by atoms with Crippen LogP contribution >= 0.6 is 0 Å². The largest absolute Gasteiger partial charge is 0.352 e. The van der Waals surface area contributed by atoms with Gasteiger partial charge in [0.1, 0.15) is 6.54 Å². The van der Waals surface area contributed by atoms with Gasteiger partial charge in [0.25, 0.3) is 0 Å². The summed E-state index contributed by atoms with van der Waals surface area (Å²) < 4.78 is 1.69. The molecule has 1 aliphatic carbocycles. The first-order valence-corrected chi connectivity index (χ1v) is 6.03. The third-order valence-corrected chi connectivity index (χ3v) is 3.05. The molecule has 0 radical (unpaired) electrons. The molecular weight excluding hydrogens is 202 g/mol. The van der Waals surface area contributed by atoms with Crippen molar-refractivity contribution in [1.82, 2.24) is 15.1 Å². The van der Waals surface area contributed by atoms with E-state index in [2.05, 4.69) is 10.4 Å². The number of hydrogen-bond acceptors (Lipinski definition) is 2. The molecule has 1 heterocycles. The average molecular weight is 221 g/mol. The lowest BCUT2D eigenvalue weighted by Gasteiger charge is -2.22. The van der Waals surface area contributed by atoms with E-state index in [0.717, 1.165) is 18.5 Å². The van der Waals surface area contributed by atoms with Crippen molar-refractivity contribution in [2.45, 2.75) is 51.6 Å². The fourth-order valence-corrected chi connectivity index (χ4v) is 2.22. The van der Waals surface area contributed by atoms with E-state index in [4.69, 9.17) is 0 Å². The number of amides is 1. The van der Waals surface area contributed by atoms with E-state index >= 15 is 0 Å². The lowest BCUT2D eigenvalue weighted by Crippen LogP contribution is -2.38. The number of nitrogens with zero attached hydrogens (tertiary/aromatic N) is 2. The second-order valence-corrected chi connectivity index (χ2v) is 4.56. The number of carbonyl (C=O) groups excluding carboxylic acids is 1. The Balaban J connectivity index is 1.79. The van der Waals surface area contributed by atoms with Gasteiger partial charge in [-0.3, -0.25) is 9.48 Å². The second-order valence-electron chi connectivity index (χ2n) is 4.56. The van der Waals surface area contributed by atoms with Gasteiger partial charge in [-0.1, -0.05) is 19.3 Å². The highest BCUT2D eigenvalue weighted by molar-refractivity contribution is 5.75. The van der Waals surface area contributed by atoms with Gasteiger partial charge < -0.3 is 5.32 Å². The Bertz CT molecular complexity index is 353. The number of carbonyl (C=O) groups is 1. The van der Waals surface area contributed by atoms with Crippen LogP contribution in [0, 0.1) is 6.92 Å². The first kappa shape index (κ1) is 11.2. The van der Waals surface area contributed by atoms with Gasteiger partial charge in [0.05, 0.1) is 5.69 Å². The first-order chi connectivity index (χ1) is 7.74. The Morgan fingerprint density at radius 1 is 1.50 bits per heavy atom. The SMILES string of the molecule is Cc1ccn(CC(=O)NC2CCCCC2)n1. The van der Waals surface area contributed by atoms with E-state index in [1.54, 1.807) is 4.68 Å². The van der Waals surface area contributed by atoms with Crippen molar-refractivity contribution in [3.05, 3.63) is 18.0 Å². The Morgan fingerprint density at radius 2 is 2.25 bits per heavy atom. The minimum atomic E-state index is 0.0787. The quantitative estimate of drug-likeness (QED) is 0.843. The molecule has 16 heavy (non-hydrogen) atoms. The summed E-state index contributed by atoms with van der Waals surface area (Å²) in [4.78, 5) is 11.7. The fourth-order valence-electron chi connectivity index (χ4n) is 2.22. The van der Waals surface area contributed by atoms with E-state index in [-0.39, 0.29) is 5.91 Å². The van der Waals surface area contributed by atoms with Crippen molar-refractivity contribution in [3.8, 4) is 0 Å². The summed E-state index contributed by atoms with van der Waals surface area (Å²) in [6.07, 6.45) is 7.89. The molecule has 1 saturated carbocycles. The minimum Gasteiger partial charge on any atom is -0.352 e. The molecule has 4 nitrogen and oxygen atoms in total. The molecule has 1 aliphatic rings. The molecule has 88 valence electrons. The molecule has 1 aromatic heterocycles. The van der Waals surface area contributed by atoms with Crippen molar-refractivity contribution in [1.29, 1.82) is 0 Å². The van der Waals surface area contributed by atoms with E-state index < -0.39 is 0 Å². The van der Waals surface area contributed by atoms with Gasteiger partial charge in [-0.25, -0.2) is 0 Å². The zero-order chi connectivity index (χ0) is 11.4. The Kier molecular flexibility index (Phi) is 3.59. The number of hydrogen-bond donors (Lipinski definition) is 1. The van der Waals surface area contributed by atoms with Crippen molar-refractivity contribution < 1.29 is 4.79 Å². The molecule has 2 rings (SSSR count). The molecular formula is C12H19N3O. The Hall–Kier alpha value is -1.32. The van der Waals surface area contributed by atoms with Gasteiger partial charge in [0.2, 0.25) is 5.91 Å². The molecule has 0 spiro atoms. The fraction of sp³-hybridized carbons (Fsp3) is 0.667. The van der Waals surface area contributed by atoms with Crippen molar-refractivity contribution >= 4 is 5.91 Å². The molecule has 4 heteroatoms. The zero-order valence-corrected chi connectivity index (χ0v) is 9.78. The molecule has 0 saturated heterocycles. The lowest BCUT2D eigenvalue weighted by atomic mass is 9.95. The van der Waals surface area contributed by atoms with Crippen LogP contribution in [-0.2, 0) is 11.3 Å². The van der Waals surface area contributed by atoms with Crippen LogP contribution < -0.4 is 5.32 Å². The van der Waals surface area contributed by atoms with Gasteiger partial charge in [-0.05, 0) is 25.8 Å². The molecule has 1 amide bonds. The molecule has 0 bridgehead atoms. The van der Waals surface area contributed by atoms with Crippen LogP contribution in [-0.4, -0.2) is 21.7 Å². The van der Waals surface area contributed by atoms with Gasteiger partial charge in [0.15, 0.2) is 0 Å². The Labute approximate surface area is 96.0 Å². The summed E-state index contributed by atoms with van der Waals surface area (Å²) in [6, 6.07) is 2.30. The smallest absolute Gasteiger partial charge is 0.241 e. The van der Waals surface area contributed by atoms with Crippen LogP contribution in [0.1, 0.15) is 37.8 Å². The van der Waals surface area contributed by atoms with Crippen LogP contribution in [0.5, 0.6) is 0 Å². The summed E-state index contributed by atoms with van der Waals surface area (Å²) in [5.41, 5.74) is 0.950. The van der Waals surface area contributed by atoms with Crippen LogP contribution in [0.2, 0.25) is 0 Å². The summed E-state index contributed by atoms with van der Waals surface area (Å²) in [6.45, 7) is 2.26. The molecule has 0 atom stereocenters. The molecule has 0 aromatic carbocycles. The monoisotopic (exact) mass is 221 g/mol. The summed E-state index contributed by atoms with van der Waals surface area (Å²) in [7, 11) is 0. The minimum absolute atomic E-state index is 0.0787. The van der Waals surface area contributed by atoms with Gasteiger partial charge in [-0.15, -0.1) is 0 Å². The third kappa shape index (κ3) is 3.08. The summed E-state index contributed by atoms with van der Waals surface area (Å²) in [5, 5.41) is 7.28. The number of aromatic nitrogens is 2. The molecule has 1 aromatic rings. The summed E-state index contributed by atoms with van der Waals surface area (Å²) in [5.74, 6) is 0.0787. The highest BCUT2D eigenvalue weighted by Gasteiger charge is 2.15. The maximum Gasteiger partial charge on any atom is 0.241 e. The molecule has 1 fully saturated rings. The normalized spacial score (nSPS) is 17.3. The molecule has 0 aliphatic heterocycles. The highest BCUT2D eigenvalue weighted by Crippen LogP contribution is 2.17. The second kappa shape index (κ2) is 5.14. The number of nitrogens with one attached hydrogen (secondary N) is 1. The standard InChI is InChI=1S/C12H19N3O/c1-10-7-8-15(14-10)9-12(16)13-11-5-3-2-4-6-11/h7-8,11H,2-6,9H2,1H3,(H,13,16). The van der Waals surface area contributed by atoms with Gasteiger partial charge >= 0.3 is 0 Å². The van der Waals surface area contributed by atoms with Crippen molar-refractivity contribution in [3.63, 3.8) is 0 Å². The van der Waals surface area contributed by atoms with Crippen LogP contribution in [0.3, 0.4) is 0 Å². The zero-order valence-electron chi connectivity index (χ0n) is 9.78.